The number of nitrogens with two attached hydrogens (primary N) is 3. The van der Waals surface area contributed by atoms with Crippen molar-refractivity contribution >= 4 is 73.1 Å². The average molecular weight is 641 g/mol. The van der Waals surface area contributed by atoms with Gasteiger partial charge in [0.2, 0.25) is 13.5 Å². The molecule has 4 rings (SSSR count). The van der Waals surface area contributed by atoms with Crippen LogP contribution < -0.4 is 28.2 Å². The maximum atomic E-state index is 14.3. The Kier molecular flexibility index (Phi) is 10.4. The molecule has 3 unspecified atom stereocenters. The number of nitrogens with one attached hydrogen (secondary N) is 2. The van der Waals surface area contributed by atoms with Crippen LogP contribution in [0.2, 0.25) is 0 Å². The zero-order valence-electron chi connectivity index (χ0n) is 20.8. The van der Waals surface area contributed by atoms with E-state index in [4.69, 9.17) is 45.0 Å². The maximum Gasteiger partial charge on any atom is 0.300 e. The van der Waals surface area contributed by atoms with Gasteiger partial charge in [-0.1, -0.05) is 29.4 Å². The van der Waals surface area contributed by atoms with Gasteiger partial charge in [-0.25, -0.2) is 19.8 Å². The fourth-order valence-electron chi connectivity index (χ4n) is 3.46. The molecular weight excluding hydrogens is 613 g/mol. The molecule has 1 aliphatic rings. The third kappa shape index (κ3) is 7.52. The minimum atomic E-state index is -3.63. The number of nitrogens with zero attached hydrogens (tertiary/aromatic N) is 5. The number of aromatic nitrogens is 5. The van der Waals surface area contributed by atoms with Crippen molar-refractivity contribution in [2.75, 3.05) is 49.6 Å². The van der Waals surface area contributed by atoms with Gasteiger partial charge < -0.3 is 44.6 Å². The van der Waals surface area contributed by atoms with E-state index in [1.54, 1.807) is 10.6 Å². The minimum absolute atomic E-state index is 0.0508. The van der Waals surface area contributed by atoms with Gasteiger partial charge in [-0.3, -0.25) is 9.78 Å². The third-order valence-electron chi connectivity index (χ3n) is 5.36. The van der Waals surface area contributed by atoms with E-state index in [9.17, 15) is 9.18 Å². The van der Waals surface area contributed by atoms with Crippen LogP contribution in [0.5, 0.6) is 0 Å². The van der Waals surface area contributed by atoms with Crippen molar-refractivity contribution in [3.05, 3.63) is 28.4 Å². The molecule has 0 aromatic carbocycles. The number of alkyl halides is 1. The molecule has 1 saturated heterocycles. The number of ether oxygens (including phenoxy) is 1. The van der Waals surface area contributed by atoms with E-state index in [0.717, 1.165) is 0 Å². The second-order valence-electron chi connectivity index (χ2n) is 7.99. The van der Waals surface area contributed by atoms with Crippen LogP contribution in [0.15, 0.2) is 22.1 Å². The fourth-order valence-corrected chi connectivity index (χ4v) is 5.83. The van der Waals surface area contributed by atoms with Gasteiger partial charge in [0.15, 0.2) is 12.0 Å². The number of hydrogen-bond donors (Lipinski definition) is 7. The first-order chi connectivity index (χ1) is 19.1. The van der Waals surface area contributed by atoms with Crippen molar-refractivity contribution in [1.82, 2.24) is 24.5 Å². The Hall–Kier alpha value is -2.25. The number of hydrogen-bond acceptors (Lipinski definition) is 16. The summed E-state index contributed by atoms with van der Waals surface area (Å²) >= 11 is 8.67. The Morgan fingerprint density at radius 1 is 1.38 bits per heavy atom. The van der Waals surface area contributed by atoms with Gasteiger partial charge >= 0.3 is 6.71 Å². The van der Waals surface area contributed by atoms with Gasteiger partial charge in [0.05, 0.1) is 31.8 Å². The van der Waals surface area contributed by atoms with Crippen molar-refractivity contribution in [3.8, 4) is 0 Å². The molecule has 3 aromatic heterocycles. The summed E-state index contributed by atoms with van der Waals surface area (Å²) in [6, 6.07) is 1.72. The molecule has 0 amide bonds. The SMILES string of the molecule is COP(S)OCCn1c(COP(S)(=NONc2nc(N)[nH]c(=O)c2N)OC2COC[C@H]2F)cc2c(N)ncnc21. The van der Waals surface area contributed by atoms with E-state index >= 15 is 0 Å². The molecule has 40 heavy (non-hydrogen) atoms. The molecule has 4 atom stereocenters. The number of H-pyrrole nitrogens is 1. The molecule has 1 fully saturated rings. The van der Waals surface area contributed by atoms with Crippen LogP contribution in [0, 0.1) is 0 Å². The molecule has 0 aliphatic carbocycles. The monoisotopic (exact) mass is 640 g/mol. The molecule has 220 valence electrons. The predicted octanol–water partition coefficient (Wildman–Crippen LogP) is 2.19. The van der Waals surface area contributed by atoms with Gasteiger partial charge in [-0.2, -0.15) is 4.98 Å². The number of halogens is 1. The quantitative estimate of drug-likeness (QED) is 0.0806. The smallest absolute Gasteiger partial charge is 0.300 e. The predicted molar refractivity (Wildman–Crippen MR) is 153 cm³/mol. The molecule has 8 N–H and O–H groups in total. The number of thiol groups is 2. The molecule has 0 radical (unpaired) electrons. The Morgan fingerprint density at radius 2 is 2.17 bits per heavy atom. The van der Waals surface area contributed by atoms with Gasteiger partial charge in [0.25, 0.3) is 5.56 Å². The van der Waals surface area contributed by atoms with Crippen LogP contribution in [0.1, 0.15) is 5.69 Å². The fraction of sp³-hybridized carbons (Fsp3) is 0.444. The van der Waals surface area contributed by atoms with Gasteiger partial charge in [-0.05, 0) is 6.07 Å². The summed E-state index contributed by atoms with van der Waals surface area (Å²) in [5, 5.41) is 0.571. The normalized spacial score (nSPS) is 19.5. The van der Waals surface area contributed by atoms with Crippen LogP contribution >= 0.6 is 38.8 Å². The summed E-state index contributed by atoms with van der Waals surface area (Å²) in [5.41, 5.74) is 19.6. The molecule has 4 heterocycles. The van der Waals surface area contributed by atoms with Crippen molar-refractivity contribution in [1.29, 1.82) is 0 Å². The Labute approximate surface area is 238 Å². The minimum Gasteiger partial charge on any atom is -0.391 e. The maximum absolute atomic E-state index is 14.3. The zero-order valence-corrected chi connectivity index (χ0v) is 24.4. The van der Waals surface area contributed by atoms with E-state index in [2.05, 4.69) is 54.8 Å². The number of fused-ring (bicyclic) bond motifs is 1. The molecule has 17 nitrogen and oxygen atoms in total. The van der Waals surface area contributed by atoms with Crippen molar-refractivity contribution in [2.45, 2.75) is 25.4 Å². The molecule has 0 bridgehead atoms. The van der Waals surface area contributed by atoms with E-state index in [0.29, 0.717) is 23.3 Å². The van der Waals surface area contributed by atoms with Crippen LogP contribution in [0.4, 0.5) is 27.7 Å². The number of aromatic amines is 1. The first kappa shape index (κ1) is 30.7. The van der Waals surface area contributed by atoms with Crippen LogP contribution in [0.25, 0.3) is 11.0 Å². The van der Waals surface area contributed by atoms with Gasteiger partial charge in [0.1, 0.15) is 29.6 Å². The Bertz CT molecular complexity index is 1450. The van der Waals surface area contributed by atoms with Crippen molar-refractivity contribution < 1.29 is 32.2 Å². The highest BCUT2D eigenvalue weighted by Crippen LogP contribution is 2.59. The topological polar surface area (TPSA) is 234 Å². The Balaban J connectivity index is 1.58. The lowest BCUT2D eigenvalue weighted by molar-refractivity contribution is 0.107. The first-order valence-electron chi connectivity index (χ1n) is 11.3. The van der Waals surface area contributed by atoms with Crippen molar-refractivity contribution in [2.24, 2.45) is 4.91 Å². The summed E-state index contributed by atoms with van der Waals surface area (Å²) < 4.78 is 43.6. The standard InChI is InChI=1S/C18H27FN10O7P2S2/c1-31-37(39)33-3-2-29-9(4-10-14(21)23-8-24-16(10)29)5-34-38(40,35-12-7-32-6-11(12)19)28-36-27-15-13(20)17(30)26-18(22)25-15/h4,8,11-12,39-40H,2-3,5-7,20H2,1H3,(H2,21,23,24)(H4,22,25,26,27,30)/t11-,12?,37?,38?/m1/s1. The molecule has 0 spiro atoms. The van der Waals surface area contributed by atoms with E-state index in [-0.39, 0.29) is 49.7 Å². The average Bonchev–Trinajstić information content (AvgIpc) is 3.49. The summed E-state index contributed by atoms with van der Waals surface area (Å²) in [6.45, 7) is -3.43. The van der Waals surface area contributed by atoms with Crippen LogP contribution in [-0.2, 0) is 40.9 Å². The lowest BCUT2D eigenvalue weighted by Crippen LogP contribution is -2.22. The lowest BCUT2D eigenvalue weighted by atomic mass is 10.3. The second kappa shape index (κ2) is 13.6. The first-order valence-corrected chi connectivity index (χ1v) is 16.4. The third-order valence-corrected chi connectivity index (χ3v) is 9.06. The summed E-state index contributed by atoms with van der Waals surface area (Å²) in [4.78, 5) is 35.2. The molecular formula is C18H27FN10O7P2S2. The van der Waals surface area contributed by atoms with Gasteiger partial charge in [0, 0.05) is 19.3 Å². The Morgan fingerprint density at radius 3 is 2.90 bits per heavy atom. The highest BCUT2D eigenvalue weighted by atomic mass is 32.7. The molecule has 3 aromatic rings. The van der Waals surface area contributed by atoms with E-state index in [1.807, 2.05) is 0 Å². The highest BCUT2D eigenvalue weighted by Gasteiger charge is 2.35. The van der Waals surface area contributed by atoms with Gasteiger partial charge in [-0.15, -0.1) is 4.94 Å². The van der Waals surface area contributed by atoms with Crippen molar-refractivity contribution in [3.63, 3.8) is 0 Å². The van der Waals surface area contributed by atoms with Crippen LogP contribution in [-0.4, -0.2) is 63.7 Å². The van der Waals surface area contributed by atoms with Crippen LogP contribution in [0.3, 0.4) is 0 Å². The lowest BCUT2D eigenvalue weighted by Gasteiger charge is -2.23. The molecule has 0 saturated carbocycles. The van der Waals surface area contributed by atoms with E-state index < -0.39 is 32.1 Å². The second-order valence-corrected chi connectivity index (χ2v) is 13.2. The summed E-state index contributed by atoms with van der Waals surface area (Å²) in [6.07, 6.45) is -1.14. The zero-order chi connectivity index (χ0) is 28.9. The molecule has 1 aliphatic heterocycles. The number of nitrogen functional groups attached to an aromatic ring is 3. The van der Waals surface area contributed by atoms with E-state index in [1.165, 1.54) is 13.4 Å². The largest absolute Gasteiger partial charge is 0.391 e. The highest BCUT2D eigenvalue weighted by molar-refractivity contribution is 8.45. The molecule has 22 heteroatoms. The number of rotatable bonds is 13. The summed E-state index contributed by atoms with van der Waals surface area (Å²) in [7, 11) is 0.132. The summed E-state index contributed by atoms with van der Waals surface area (Å²) in [5.74, 6) is -0.180. The number of anilines is 4.